The summed E-state index contributed by atoms with van der Waals surface area (Å²) in [6.07, 6.45) is 2.68. The van der Waals surface area contributed by atoms with Gasteiger partial charge in [-0.2, -0.15) is 8.78 Å². The smallest absolute Gasteiger partial charge is 0.387 e. The standard InChI is InChI=1S/C19H24F2N4O5/c1-24(11-3-2-4-11)16(17(22)27)18(28)23-13-6-5-12(9-14(13)30-19(20)21)25-7-8-29-10-15(25)26/h5-6,9,11,16,19H,2-4,7-8,10H2,1H3,(H2,22,27)(H,23,28)/t16-/m0/s1. The summed E-state index contributed by atoms with van der Waals surface area (Å²) in [5.74, 6) is -2.23. The Hall–Kier alpha value is -2.79. The number of rotatable bonds is 8. The van der Waals surface area contributed by atoms with Gasteiger partial charge in [-0.1, -0.05) is 6.42 Å². The molecule has 1 heterocycles. The SMILES string of the molecule is CN(C1CCC1)[C@@H](C(N)=O)C(=O)Nc1ccc(N2CCOCC2=O)cc1OC(F)F. The van der Waals surface area contributed by atoms with Gasteiger partial charge in [0.15, 0.2) is 11.8 Å². The number of carbonyl (C=O) groups is 3. The summed E-state index contributed by atoms with van der Waals surface area (Å²) < 4.78 is 35.5. The Labute approximate surface area is 172 Å². The van der Waals surface area contributed by atoms with Crippen molar-refractivity contribution in [2.45, 2.75) is 38.0 Å². The zero-order valence-corrected chi connectivity index (χ0v) is 16.5. The van der Waals surface area contributed by atoms with Crippen LogP contribution in [-0.2, 0) is 19.1 Å². The summed E-state index contributed by atoms with van der Waals surface area (Å²) in [6, 6.07) is 2.87. The number of carbonyl (C=O) groups excluding carboxylic acids is 3. The molecule has 1 atom stereocenters. The number of nitrogens with two attached hydrogens (primary N) is 1. The highest BCUT2D eigenvalue weighted by Gasteiger charge is 2.36. The molecule has 1 aliphatic carbocycles. The van der Waals surface area contributed by atoms with E-state index in [1.807, 2.05) is 0 Å². The quantitative estimate of drug-likeness (QED) is 0.598. The van der Waals surface area contributed by atoms with Gasteiger partial charge in [0.25, 0.3) is 11.8 Å². The van der Waals surface area contributed by atoms with Crippen molar-refractivity contribution in [1.29, 1.82) is 0 Å². The molecule has 0 radical (unpaired) electrons. The molecule has 3 N–H and O–H groups in total. The highest BCUT2D eigenvalue weighted by Crippen LogP contribution is 2.32. The number of likely N-dealkylation sites (N-methyl/N-ethyl adjacent to an activating group) is 1. The topological polar surface area (TPSA) is 114 Å². The summed E-state index contributed by atoms with van der Waals surface area (Å²) in [7, 11) is 1.63. The van der Waals surface area contributed by atoms with E-state index in [1.54, 1.807) is 11.9 Å². The molecule has 1 aromatic carbocycles. The van der Waals surface area contributed by atoms with Crippen molar-refractivity contribution in [2.24, 2.45) is 5.73 Å². The Bertz CT molecular complexity index is 818. The van der Waals surface area contributed by atoms with E-state index in [9.17, 15) is 23.2 Å². The van der Waals surface area contributed by atoms with E-state index in [0.29, 0.717) is 12.3 Å². The maximum atomic E-state index is 12.9. The van der Waals surface area contributed by atoms with Crippen molar-refractivity contribution in [1.82, 2.24) is 4.90 Å². The first-order valence-corrected chi connectivity index (χ1v) is 9.57. The maximum absolute atomic E-state index is 12.9. The Morgan fingerprint density at radius 1 is 1.37 bits per heavy atom. The van der Waals surface area contributed by atoms with Gasteiger partial charge in [0.05, 0.1) is 12.3 Å². The number of halogens is 2. The van der Waals surface area contributed by atoms with Crippen molar-refractivity contribution >= 4 is 29.1 Å². The number of ether oxygens (including phenoxy) is 2. The molecule has 2 fully saturated rings. The van der Waals surface area contributed by atoms with Crippen molar-refractivity contribution in [2.75, 3.05) is 37.0 Å². The number of benzene rings is 1. The second kappa shape index (κ2) is 9.35. The van der Waals surface area contributed by atoms with Crippen LogP contribution in [0.5, 0.6) is 5.75 Å². The molecule has 1 aliphatic heterocycles. The molecular weight excluding hydrogens is 402 g/mol. The maximum Gasteiger partial charge on any atom is 0.387 e. The highest BCUT2D eigenvalue weighted by atomic mass is 19.3. The molecule has 0 unspecified atom stereocenters. The third-order valence-electron chi connectivity index (χ3n) is 5.31. The molecule has 3 rings (SSSR count). The van der Waals surface area contributed by atoms with E-state index >= 15 is 0 Å². The molecule has 2 aliphatic rings. The number of anilines is 2. The van der Waals surface area contributed by atoms with Crippen LogP contribution in [0.15, 0.2) is 18.2 Å². The fraction of sp³-hybridized carbons (Fsp3) is 0.526. The summed E-state index contributed by atoms with van der Waals surface area (Å²) >= 11 is 0. The van der Waals surface area contributed by atoms with Crippen LogP contribution in [0.25, 0.3) is 0 Å². The summed E-state index contributed by atoms with van der Waals surface area (Å²) in [5.41, 5.74) is 5.69. The fourth-order valence-corrected chi connectivity index (χ4v) is 3.49. The van der Waals surface area contributed by atoms with Gasteiger partial charge in [-0.25, -0.2) is 0 Å². The van der Waals surface area contributed by atoms with Crippen molar-refractivity contribution in [3.63, 3.8) is 0 Å². The minimum atomic E-state index is -3.15. The van der Waals surface area contributed by atoms with Crippen molar-refractivity contribution < 1.29 is 32.6 Å². The van der Waals surface area contributed by atoms with Crippen LogP contribution in [0.1, 0.15) is 19.3 Å². The average Bonchev–Trinajstić information content (AvgIpc) is 2.61. The monoisotopic (exact) mass is 426 g/mol. The lowest BCUT2D eigenvalue weighted by Gasteiger charge is -2.37. The van der Waals surface area contributed by atoms with Crippen molar-refractivity contribution in [3.05, 3.63) is 18.2 Å². The van der Waals surface area contributed by atoms with Crippen LogP contribution in [0.2, 0.25) is 0 Å². The second-order valence-corrected chi connectivity index (χ2v) is 7.20. The van der Waals surface area contributed by atoms with Crippen LogP contribution < -0.4 is 20.7 Å². The average molecular weight is 426 g/mol. The summed E-state index contributed by atoms with van der Waals surface area (Å²) in [6.45, 7) is -2.70. The fourth-order valence-electron chi connectivity index (χ4n) is 3.49. The lowest BCUT2D eigenvalue weighted by molar-refractivity contribution is -0.133. The van der Waals surface area contributed by atoms with Crippen LogP contribution in [0, 0.1) is 0 Å². The normalized spacial score (nSPS) is 18.3. The molecule has 3 amide bonds. The molecular formula is C19H24F2N4O5. The van der Waals surface area contributed by atoms with E-state index in [0.717, 1.165) is 19.3 Å². The molecule has 9 nitrogen and oxygen atoms in total. The van der Waals surface area contributed by atoms with E-state index < -0.39 is 24.5 Å². The predicted molar refractivity (Wildman–Crippen MR) is 103 cm³/mol. The van der Waals surface area contributed by atoms with Crippen LogP contribution >= 0.6 is 0 Å². The summed E-state index contributed by atoms with van der Waals surface area (Å²) in [4.78, 5) is 39.6. The first-order chi connectivity index (χ1) is 14.3. The minimum absolute atomic E-state index is 0.0553. The van der Waals surface area contributed by atoms with E-state index in [2.05, 4.69) is 10.1 Å². The predicted octanol–water partition coefficient (Wildman–Crippen LogP) is 0.928. The van der Waals surface area contributed by atoms with Gasteiger partial charge >= 0.3 is 6.61 Å². The van der Waals surface area contributed by atoms with Crippen LogP contribution in [-0.4, -0.2) is 68.1 Å². The molecule has 1 saturated carbocycles. The lowest BCUT2D eigenvalue weighted by atomic mass is 9.90. The number of alkyl halides is 2. The Morgan fingerprint density at radius 3 is 2.67 bits per heavy atom. The molecule has 0 bridgehead atoms. The number of hydrogen-bond acceptors (Lipinski definition) is 6. The van der Waals surface area contributed by atoms with Gasteiger partial charge in [0.2, 0.25) is 5.91 Å². The van der Waals surface area contributed by atoms with Gasteiger partial charge < -0.3 is 25.4 Å². The minimum Gasteiger partial charge on any atom is -0.433 e. The Kier molecular flexibility index (Phi) is 6.83. The van der Waals surface area contributed by atoms with E-state index in [-0.39, 0.29) is 36.5 Å². The second-order valence-electron chi connectivity index (χ2n) is 7.20. The van der Waals surface area contributed by atoms with Crippen molar-refractivity contribution in [3.8, 4) is 5.75 Å². The first kappa shape index (κ1) is 21.9. The zero-order chi connectivity index (χ0) is 21.8. The molecule has 30 heavy (non-hydrogen) atoms. The van der Waals surface area contributed by atoms with Crippen LogP contribution in [0.3, 0.4) is 0 Å². The number of hydrogen-bond donors (Lipinski definition) is 2. The Morgan fingerprint density at radius 2 is 2.10 bits per heavy atom. The van der Waals surface area contributed by atoms with Gasteiger partial charge in [-0.05, 0) is 32.0 Å². The Balaban J connectivity index is 1.83. The van der Waals surface area contributed by atoms with Gasteiger partial charge in [-0.15, -0.1) is 0 Å². The summed E-state index contributed by atoms with van der Waals surface area (Å²) in [5, 5.41) is 2.45. The third kappa shape index (κ3) is 4.85. The molecule has 0 spiro atoms. The number of amides is 3. The van der Waals surface area contributed by atoms with Gasteiger partial charge in [-0.3, -0.25) is 19.3 Å². The highest BCUT2D eigenvalue weighted by molar-refractivity contribution is 6.10. The van der Waals surface area contributed by atoms with E-state index in [1.165, 1.54) is 23.1 Å². The van der Waals surface area contributed by atoms with Crippen LogP contribution in [0.4, 0.5) is 20.2 Å². The lowest BCUT2D eigenvalue weighted by Crippen LogP contribution is -2.55. The first-order valence-electron chi connectivity index (χ1n) is 9.57. The van der Waals surface area contributed by atoms with Gasteiger partial charge in [0, 0.05) is 24.3 Å². The van der Waals surface area contributed by atoms with Gasteiger partial charge in [0.1, 0.15) is 6.61 Å². The number of nitrogens with zero attached hydrogens (tertiary/aromatic N) is 2. The van der Waals surface area contributed by atoms with E-state index in [4.69, 9.17) is 10.5 Å². The molecule has 1 aromatic rings. The number of primary amides is 1. The molecule has 0 aromatic heterocycles. The third-order valence-corrected chi connectivity index (χ3v) is 5.31. The molecule has 11 heteroatoms. The molecule has 164 valence electrons. The number of nitrogens with one attached hydrogen (secondary N) is 1. The molecule has 1 saturated heterocycles. The largest absolute Gasteiger partial charge is 0.433 e. The zero-order valence-electron chi connectivity index (χ0n) is 16.5. The number of morpholine rings is 1.